The first-order chi connectivity index (χ1) is 8.63. The van der Waals surface area contributed by atoms with Gasteiger partial charge in [0.2, 0.25) is 5.91 Å². The van der Waals surface area contributed by atoms with Crippen molar-refractivity contribution in [2.45, 2.75) is 19.8 Å². The number of amidine groups is 1. The van der Waals surface area contributed by atoms with E-state index in [-0.39, 0.29) is 11.7 Å². The quantitative estimate of drug-likeness (QED) is 0.366. The maximum atomic E-state index is 10.3. The minimum absolute atomic E-state index is 0.0384. The maximum Gasteiger partial charge on any atom is 0.216 e. The first-order valence-corrected chi connectivity index (χ1v) is 5.78. The van der Waals surface area contributed by atoms with Crippen molar-refractivity contribution in [1.29, 1.82) is 5.41 Å². The van der Waals surface area contributed by atoms with Crippen molar-refractivity contribution < 1.29 is 4.79 Å². The highest BCUT2D eigenvalue weighted by Gasteiger charge is 1.91. The van der Waals surface area contributed by atoms with Crippen LogP contribution in [-0.2, 0) is 4.79 Å². The summed E-state index contributed by atoms with van der Waals surface area (Å²) in [5, 5.41) is 9.45. The molecule has 6 N–H and O–H groups in total. The second-order valence-electron chi connectivity index (χ2n) is 3.27. The summed E-state index contributed by atoms with van der Waals surface area (Å²) < 4.78 is 0. The van der Waals surface area contributed by atoms with Gasteiger partial charge in [-0.25, -0.2) is 0 Å². The zero-order valence-corrected chi connectivity index (χ0v) is 11.1. The highest BCUT2D eigenvalue weighted by molar-refractivity contribution is 5.77. The Labute approximate surface area is 109 Å². The van der Waals surface area contributed by atoms with E-state index in [1.807, 2.05) is 36.4 Å². The van der Waals surface area contributed by atoms with Gasteiger partial charge in [-0.05, 0) is 13.5 Å². The Kier molecular flexibility index (Phi) is 15.5. The van der Waals surface area contributed by atoms with Crippen molar-refractivity contribution in [2.24, 2.45) is 11.5 Å². The summed E-state index contributed by atoms with van der Waals surface area (Å²) in [5.74, 6) is 0.133. The summed E-state index contributed by atoms with van der Waals surface area (Å²) in [6.45, 7) is 2.07. The van der Waals surface area contributed by atoms with Crippen molar-refractivity contribution in [1.82, 2.24) is 5.32 Å². The molecule has 1 rings (SSSR count). The van der Waals surface area contributed by atoms with Crippen LogP contribution >= 0.6 is 0 Å². The number of hydrogen-bond donors (Lipinski definition) is 4. The largest absolute Gasteiger partial charge is 0.388 e. The lowest BCUT2D eigenvalue weighted by atomic mass is 10.3. The van der Waals surface area contributed by atoms with Crippen LogP contribution in [0.5, 0.6) is 0 Å². The SMILES string of the molecule is CC(=O)NCCCC(=N)N.CN.c1ccccc1. The number of hydrogen-bond acceptors (Lipinski definition) is 3. The zero-order chi connectivity index (χ0) is 14.2. The predicted octanol–water partition coefficient (Wildman–Crippen LogP) is 1.10. The van der Waals surface area contributed by atoms with Crippen LogP contribution in [0.15, 0.2) is 36.4 Å². The van der Waals surface area contributed by atoms with Crippen LogP contribution in [0.25, 0.3) is 0 Å². The van der Waals surface area contributed by atoms with Crippen molar-refractivity contribution in [3.05, 3.63) is 36.4 Å². The molecule has 0 heterocycles. The molecule has 0 aromatic heterocycles. The van der Waals surface area contributed by atoms with Crippen LogP contribution in [0, 0.1) is 5.41 Å². The number of benzene rings is 1. The number of nitrogens with two attached hydrogens (primary N) is 2. The first kappa shape index (κ1) is 18.5. The average molecular weight is 252 g/mol. The van der Waals surface area contributed by atoms with Crippen molar-refractivity contribution in [3.8, 4) is 0 Å². The fourth-order valence-corrected chi connectivity index (χ4v) is 0.928. The second kappa shape index (κ2) is 15.1. The molecule has 102 valence electrons. The lowest BCUT2D eigenvalue weighted by Crippen LogP contribution is -2.22. The Morgan fingerprint density at radius 1 is 1.11 bits per heavy atom. The number of amides is 1. The van der Waals surface area contributed by atoms with Crippen molar-refractivity contribution in [2.75, 3.05) is 13.6 Å². The highest BCUT2D eigenvalue weighted by atomic mass is 16.1. The van der Waals surface area contributed by atoms with Crippen LogP contribution in [0.2, 0.25) is 0 Å². The van der Waals surface area contributed by atoms with E-state index in [0.29, 0.717) is 13.0 Å². The Bertz CT molecular complexity index is 258. The normalized spacial score (nSPS) is 7.94. The fourth-order valence-electron chi connectivity index (χ4n) is 0.928. The monoisotopic (exact) mass is 252 g/mol. The Morgan fingerprint density at radius 2 is 1.50 bits per heavy atom. The summed E-state index contributed by atoms with van der Waals surface area (Å²) >= 11 is 0. The highest BCUT2D eigenvalue weighted by Crippen LogP contribution is 1.83. The Hall–Kier alpha value is -1.88. The van der Waals surface area contributed by atoms with E-state index in [9.17, 15) is 4.79 Å². The van der Waals surface area contributed by atoms with Crippen molar-refractivity contribution in [3.63, 3.8) is 0 Å². The molecule has 5 nitrogen and oxygen atoms in total. The van der Waals surface area contributed by atoms with Gasteiger partial charge in [0.05, 0.1) is 5.84 Å². The summed E-state index contributed by atoms with van der Waals surface area (Å²) in [6.07, 6.45) is 1.30. The zero-order valence-electron chi connectivity index (χ0n) is 11.1. The summed E-state index contributed by atoms with van der Waals surface area (Å²) in [6, 6.07) is 12.0. The molecule has 0 saturated heterocycles. The molecule has 0 atom stereocenters. The van der Waals surface area contributed by atoms with Crippen LogP contribution < -0.4 is 16.8 Å². The van der Waals surface area contributed by atoms with Gasteiger partial charge in [0.25, 0.3) is 0 Å². The van der Waals surface area contributed by atoms with Crippen LogP contribution in [0.1, 0.15) is 19.8 Å². The van der Waals surface area contributed by atoms with Gasteiger partial charge in [0.15, 0.2) is 0 Å². The van der Waals surface area contributed by atoms with E-state index < -0.39 is 0 Å². The summed E-state index contributed by atoms with van der Waals surface area (Å²) in [7, 11) is 1.50. The molecule has 0 aliphatic rings. The number of nitrogens with one attached hydrogen (secondary N) is 2. The van der Waals surface area contributed by atoms with E-state index in [0.717, 1.165) is 6.42 Å². The topological polar surface area (TPSA) is 105 Å². The molecule has 0 saturated carbocycles. The third-order valence-corrected chi connectivity index (χ3v) is 1.66. The van der Waals surface area contributed by atoms with E-state index in [4.69, 9.17) is 11.1 Å². The molecule has 0 spiro atoms. The number of carbonyl (C=O) groups is 1. The van der Waals surface area contributed by atoms with Gasteiger partial charge in [0.1, 0.15) is 0 Å². The fraction of sp³-hybridized carbons (Fsp3) is 0.385. The first-order valence-electron chi connectivity index (χ1n) is 5.78. The maximum absolute atomic E-state index is 10.3. The van der Waals surface area contributed by atoms with Crippen LogP contribution in [0.3, 0.4) is 0 Å². The van der Waals surface area contributed by atoms with E-state index in [1.54, 1.807) is 0 Å². The number of rotatable bonds is 4. The van der Waals surface area contributed by atoms with Gasteiger partial charge in [-0.15, -0.1) is 0 Å². The molecule has 5 heteroatoms. The lowest BCUT2D eigenvalue weighted by molar-refractivity contribution is -0.118. The molecular weight excluding hydrogens is 228 g/mol. The molecule has 0 unspecified atom stereocenters. The van der Waals surface area contributed by atoms with E-state index in [2.05, 4.69) is 11.1 Å². The minimum Gasteiger partial charge on any atom is -0.388 e. The molecule has 0 bridgehead atoms. The number of carbonyl (C=O) groups excluding carboxylic acids is 1. The van der Waals surface area contributed by atoms with Gasteiger partial charge in [-0.3, -0.25) is 10.2 Å². The standard InChI is InChI=1S/C6H13N3O.C6H6.CH5N/c1-5(10)9-4-2-3-6(7)8;1-2-4-6-5-3-1;1-2/h2-4H2,1H3,(H3,7,8)(H,9,10);1-6H;2H2,1H3. The smallest absolute Gasteiger partial charge is 0.216 e. The molecule has 1 aromatic rings. The van der Waals surface area contributed by atoms with Gasteiger partial charge in [-0.2, -0.15) is 0 Å². The van der Waals surface area contributed by atoms with Gasteiger partial charge >= 0.3 is 0 Å². The summed E-state index contributed by atoms with van der Waals surface area (Å²) in [5.41, 5.74) is 9.58. The molecule has 1 amide bonds. The average Bonchev–Trinajstić information content (AvgIpc) is 2.39. The second-order valence-corrected chi connectivity index (χ2v) is 3.27. The molecular formula is C13H24N4O. The van der Waals surface area contributed by atoms with Gasteiger partial charge in [-0.1, -0.05) is 36.4 Å². The molecule has 1 aromatic carbocycles. The lowest BCUT2D eigenvalue weighted by Gasteiger charge is -1.99. The Morgan fingerprint density at radius 3 is 1.78 bits per heavy atom. The molecule has 0 fully saturated rings. The van der Waals surface area contributed by atoms with E-state index >= 15 is 0 Å². The molecule has 0 radical (unpaired) electrons. The minimum atomic E-state index is -0.0384. The molecule has 0 aliphatic heterocycles. The van der Waals surface area contributed by atoms with Gasteiger partial charge < -0.3 is 16.8 Å². The predicted molar refractivity (Wildman–Crippen MR) is 76.4 cm³/mol. The Balaban J connectivity index is 0. The molecule has 0 aliphatic carbocycles. The van der Waals surface area contributed by atoms with E-state index in [1.165, 1.54) is 14.0 Å². The van der Waals surface area contributed by atoms with Crippen LogP contribution in [0.4, 0.5) is 0 Å². The third kappa shape index (κ3) is 19.7. The summed E-state index contributed by atoms with van der Waals surface area (Å²) in [4.78, 5) is 10.3. The van der Waals surface area contributed by atoms with Gasteiger partial charge in [0, 0.05) is 19.9 Å². The molecule has 18 heavy (non-hydrogen) atoms. The van der Waals surface area contributed by atoms with Crippen molar-refractivity contribution >= 4 is 11.7 Å². The third-order valence-electron chi connectivity index (χ3n) is 1.66. The van der Waals surface area contributed by atoms with Crippen LogP contribution in [-0.4, -0.2) is 25.3 Å².